The molecule has 2 aliphatic heterocycles. The summed E-state index contributed by atoms with van der Waals surface area (Å²) in [7, 11) is 1.80. The van der Waals surface area contributed by atoms with E-state index in [1.54, 1.807) is 7.11 Å². The Balaban J connectivity index is 1.86. The Labute approximate surface area is 105 Å². The summed E-state index contributed by atoms with van der Waals surface area (Å²) in [6.45, 7) is 8.30. The van der Waals surface area contributed by atoms with Crippen LogP contribution in [0.1, 0.15) is 19.8 Å². The van der Waals surface area contributed by atoms with Crippen LogP contribution in [0.15, 0.2) is 0 Å². The molecule has 2 fully saturated rings. The molecule has 0 aliphatic carbocycles. The van der Waals surface area contributed by atoms with Gasteiger partial charge in [-0.3, -0.25) is 4.90 Å². The molecule has 100 valence electrons. The maximum atomic E-state index is 5.65. The second kappa shape index (κ2) is 6.69. The van der Waals surface area contributed by atoms with Crippen LogP contribution in [0.5, 0.6) is 0 Å². The van der Waals surface area contributed by atoms with Gasteiger partial charge in [0.25, 0.3) is 0 Å². The van der Waals surface area contributed by atoms with E-state index in [1.165, 1.54) is 19.5 Å². The zero-order valence-electron chi connectivity index (χ0n) is 11.2. The zero-order chi connectivity index (χ0) is 12.1. The molecule has 0 aromatic carbocycles. The third-order valence-corrected chi connectivity index (χ3v) is 3.98. The number of ether oxygens (including phenoxy) is 2. The van der Waals surface area contributed by atoms with Gasteiger partial charge in [0.2, 0.25) is 0 Å². The Morgan fingerprint density at radius 2 is 2.29 bits per heavy atom. The summed E-state index contributed by atoms with van der Waals surface area (Å²) in [6, 6.07) is 1.17. The third kappa shape index (κ3) is 3.41. The van der Waals surface area contributed by atoms with Crippen LogP contribution >= 0.6 is 0 Å². The first-order chi connectivity index (χ1) is 8.35. The maximum Gasteiger partial charge on any atom is 0.0637 e. The molecule has 4 heteroatoms. The monoisotopic (exact) mass is 242 g/mol. The van der Waals surface area contributed by atoms with Crippen LogP contribution in [-0.4, -0.2) is 63.5 Å². The number of likely N-dealkylation sites (tertiary alicyclic amines) is 1. The standard InChI is InChI=1S/C13H26N2O2/c1-3-14-12-5-7-17-10-13(12)15-6-4-11(8-15)9-16-2/h11-14H,3-10H2,1-2H3. The Morgan fingerprint density at radius 3 is 3.06 bits per heavy atom. The highest BCUT2D eigenvalue weighted by atomic mass is 16.5. The largest absolute Gasteiger partial charge is 0.384 e. The van der Waals surface area contributed by atoms with Crippen LogP contribution in [0.2, 0.25) is 0 Å². The Bertz CT molecular complexity index is 223. The first-order valence-electron chi connectivity index (χ1n) is 6.89. The van der Waals surface area contributed by atoms with Crippen molar-refractivity contribution in [1.29, 1.82) is 0 Å². The quantitative estimate of drug-likeness (QED) is 0.770. The van der Waals surface area contributed by atoms with Crippen LogP contribution in [0, 0.1) is 5.92 Å². The van der Waals surface area contributed by atoms with Gasteiger partial charge in [-0.15, -0.1) is 0 Å². The minimum atomic E-state index is 0.561. The molecule has 0 bridgehead atoms. The summed E-state index contributed by atoms with van der Waals surface area (Å²) in [4.78, 5) is 2.59. The molecule has 3 atom stereocenters. The normalized spacial score (nSPS) is 35.3. The van der Waals surface area contributed by atoms with Gasteiger partial charge in [-0.05, 0) is 31.8 Å². The molecular weight excluding hydrogens is 216 g/mol. The van der Waals surface area contributed by atoms with Gasteiger partial charge in [-0.1, -0.05) is 6.92 Å². The first-order valence-corrected chi connectivity index (χ1v) is 6.89. The SMILES string of the molecule is CCNC1CCOCC1N1CCC(COC)C1. The molecule has 0 aromatic heterocycles. The summed E-state index contributed by atoms with van der Waals surface area (Å²) < 4.78 is 10.9. The smallest absolute Gasteiger partial charge is 0.0637 e. The van der Waals surface area contributed by atoms with Gasteiger partial charge >= 0.3 is 0 Å². The summed E-state index contributed by atoms with van der Waals surface area (Å²) in [6.07, 6.45) is 2.41. The Morgan fingerprint density at radius 1 is 1.41 bits per heavy atom. The van der Waals surface area contributed by atoms with Crippen molar-refractivity contribution in [3.8, 4) is 0 Å². The van der Waals surface area contributed by atoms with Crippen molar-refractivity contribution in [1.82, 2.24) is 10.2 Å². The average Bonchev–Trinajstić information content (AvgIpc) is 2.79. The molecule has 0 spiro atoms. The van der Waals surface area contributed by atoms with Crippen molar-refractivity contribution in [2.45, 2.75) is 31.8 Å². The van der Waals surface area contributed by atoms with Crippen molar-refractivity contribution >= 4 is 0 Å². The first kappa shape index (κ1) is 13.3. The van der Waals surface area contributed by atoms with E-state index in [2.05, 4.69) is 17.1 Å². The van der Waals surface area contributed by atoms with Crippen molar-refractivity contribution in [2.24, 2.45) is 5.92 Å². The number of hydrogen-bond donors (Lipinski definition) is 1. The summed E-state index contributed by atoms with van der Waals surface area (Å²) in [5, 5.41) is 3.61. The number of nitrogens with one attached hydrogen (secondary N) is 1. The molecule has 0 aromatic rings. The summed E-state index contributed by atoms with van der Waals surface area (Å²) in [5.74, 6) is 0.712. The van der Waals surface area contributed by atoms with Gasteiger partial charge in [0.1, 0.15) is 0 Å². The molecule has 2 aliphatic rings. The molecule has 0 radical (unpaired) electrons. The summed E-state index contributed by atoms with van der Waals surface area (Å²) >= 11 is 0. The third-order valence-electron chi connectivity index (χ3n) is 3.98. The predicted octanol–water partition coefficient (Wildman–Crippen LogP) is 0.722. The highest BCUT2D eigenvalue weighted by Crippen LogP contribution is 2.23. The van der Waals surface area contributed by atoms with Crippen LogP contribution < -0.4 is 5.32 Å². The van der Waals surface area contributed by atoms with Crippen LogP contribution in [-0.2, 0) is 9.47 Å². The number of hydrogen-bond acceptors (Lipinski definition) is 4. The van der Waals surface area contributed by atoms with Gasteiger partial charge in [0.05, 0.1) is 13.2 Å². The number of likely N-dealkylation sites (N-methyl/N-ethyl adjacent to an activating group) is 1. The molecule has 3 unspecified atom stereocenters. The molecule has 17 heavy (non-hydrogen) atoms. The second-order valence-electron chi connectivity index (χ2n) is 5.20. The average molecular weight is 242 g/mol. The van der Waals surface area contributed by atoms with E-state index in [9.17, 15) is 0 Å². The van der Waals surface area contributed by atoms with Gasteiger partial charge in [0, 0.05) is 32.3 Å². The fraction of sp³-hybridized carbons (Fsp3) is 1.00. The highest BCUT2D eigenvalue weighted by molar-refractivity contribution is 4.90. The molecular formula is C13H26N2O2. The Kier molecular flexibility index (Phi) is 5.22. The minimum absolute atomic E-state index is 0.561. The minimum Gasteiger partial charge on any atom is -0.384 e. The topological polar surface area (TPSA) is 33.7 Å². The highest BCUT2D eigenvalue weighted by Gasteiger charge is 2.34. The molecule has 0 amide bonds. The number of rotatable bonds is 5. The molecule has 2 rings (SSSR count). The van der Waals surface area contributed by atoms with E-state index < -0.39 is 0 Å². The van der Waals surface area contributed by atoms with Crippen molar-refractivity contribution in [3.05, 3.63) is 0 Å². The molecule has 4 nitrogen and oxygen atoms in total. The maximum absolute atomic E-state index is 5.65. The van der Waals surface area contributed by atoms with Crippen molar-refractivity contribution in [3.63, 3.8) is 0 Å². The van der Waals surface area contributed by atoms with E-state index >= 15 is 0 Å². The van der Waals surface area contributed by atoms with Gasteiger partial charge in [-0.25, -0.2) is 0 Å². The predicted molar refractivity (Wildman–Crippen MR) is 68.2 cm³/mol. The molecule has 2 saturated heterocycles. The second-order valence-corrected chi connectivity index (χ2v) is 5.20. The van der Waals surface area contributed by atoms with Gasteiger partial charge in [-0.2, -0.15) is 0 Å². The fourth-order valence-corrected chi connectivity index (χ4v) is 3.12. The molecule has 1 N–H and O–H groups in total. The van der Waals surface area contributed by atoms with Crippen molar-refractivity contribution < 1.29 is 9.47 Å². The van der Waals surface area contributed by atoms with Crippen LogP contribution in [0.4, 0.5) is 0 Å². The van der Waals surface area contributed by atoms with E-state index in [1.807, 2.05) is 0 Å². The van der Waals surface area contributed by atoms with E-state index in [-0.39, 0.29) is 0 Å². The number of methoxy groups -OCH3 is 1. The van der Waals surface area contributed by atoms with Crippen LogP contribution in [0.25, 0.3) is 0 Å². The molecule has 2 heterocycles. The van der Waals surface area contributed by atoms with Gasteiger partial charge < -0.3 is 14.8 Å². The summed E-state index contributed by atoms with van der Waals surface area (Å²) in [5.41, 5.74) is 0. The molecule has 0 saturated carbocycles. The Hall–Kier alpha value is -0.160. The lowest BCUT2D eigenvalue weighted by Gasteiger charge is -2.38. The van der Waals surface area contributed by atoms with Crippen LogP contribution in [0.3, 0.4) is 0 Å². The fourth-order valence-electron chi connectivity index (χ4n) is 3.12. The lowest BCUT2D eigenvalue weighted by molar-refractivity contribution is 0.00309. The lowest BCUT2D eigenvalue weighted by atomic mass is 10.0. The van der Waals surface area contributed by atoms with E-state index in [4.69, 9.17) is 9.47 Å². The van der Waals surface area contributed by atoms with E-state index in [0.29, 0.717) is 18.0 Å². The van der Waals surface area contributed by atoms with Gasteiger partial charge in [0.15, 0.2) is 0 Å². The zero-order valence-corrected chi connectivity index (χ0v) is 11.2. The van der Waals surface area contributed by atoms with E-state index in [0.717, 1.165) is 32.8 Å². The van der Waals surface area contributed by atoms with Crippen molar-refractivity contribution in [2.75, 3.05) is 46.6 Å². The number of nitrogens with zero attached hydrogens (tertiary/aromatic N) is 1. The lowest BCUT2D eigenvalue weighted by Crippen LogP contribution is -2.54.